The maximum Gasteiger partial charge on any atom is 0.222 e. The molecule has 3 N–H and O–H groups in total. The number of hydrogen-bond acceptors (Lipinski definition) is 3. The monoisotopic (exact) mass is 256 g/mol. The molecule has 1 fully saturated rings. The fourth-order valence-electron chi connectivity index (χ4n) is 2.77. The van der Waals surface area contributed by atoms with Gasteiger partial charge in [0.05, 0.1) is 0 Å². The molecule has 0 aromatic carbocycles. The first-order valence-corrected chi connectivity index (χ1v) is 7.29. The van der Waals surface area contributed by atoms with Crippen molar-refractivity contribution >= 4 is 5.91 Å². The van der Waals surface area contributed by atoms with Crippen molar-refractivity contribution in [2.24, 2.45) is 17.6 Å². The van der Waals surface area contributed by atoms with Gasteiger partial charge in [-0.05, 0) is 57.4 Å². The van der Waals surface area contributed by atoms with E-state index in [9.17, 15) is 4.79 Å². The molecule has 4 nitrogen and oxygen atoms in total. The zero-order chi connectivity index (χ0) is 13.4. The normalized spacial score (nSPS) is 23.9. The lowest BCUT2D eigenvalue weighted by molar-refractivity contribution is -0.132. The zero-order valence-electron chi connectivity index (χ0n) is 11.6. The Bertz CT molecular complexity index is 238. The van der Waals surface area contributed by atoms with Crippen LogP contribution in [0.4, 0.5) is 0 Å². The molecule has 106 valence electrons. The molecule has 1 amide bonds. The first-order chi connectivity index (χ1) is 8.71. The van der Waals surface area contributed by atoms with Crippen molar-refractivity contribution in [2.45, 2.75) is 45.4 Å². The number of carbonyl (C=O) groups is 1. The van der Waals surface area contributed by atoms with Crippen LogP contribution in [0.3, 0.4) is 0 Å². The van der Waals surface area contributed by atoms with Crippen molar-refractivity contribution in [3.8, 4) is 0 Å². The van der Waals surface area contributed by atoms with Crippen molar-refractivity contribution in [1.82, 2.24) is 4.90 Å². The Balaban J connectivity index is 2.30. The largest absolute Gasteiger partial charge is 0.396 e. The smallest absolute Gasteiger partial charge is 0.222 e. The Morgan fingerprint density at radius 2 is 1.89 bits per heavy atom. The molecular formula is C14H28N2O2. The Kier molecular flexibility index (Phi) is 7.28. The summed E-state index contributed by atoms with van der Waals surface area (Å²) < 4.78 is 0. The van der Waals surface area contributed by atoms with Gasteiger partial charge >= 0.3 is 0 Å². The van der Waals surface area contributed by atoms with Crippen molar-refractivity contribution in [1.29, 1.82) is 0 Å². The van der Waals surface area contributed by atoms with Crippen LogP contribution in [0.1, 0.15) is 45.4 Å². The first kappa shape index (κ1) is 15.4. The molecule has 4 heteroatoms. The molecule has 0 bridgehead atoms. The van der Waals surface area contributed by atoms with E-state index in [1.807, 2.05) is 11.8 Å². The molecule has 0 saturated heterocycles. The summed E-state index contributed by atoms with van der Waals surface area (Å²) in [7, 11) is 0. The molecule has 0 radical (unpaired) electrons. The summed E-state index contributed by atoms with van der Waals surface area (Å²) >= 11 is 0. The molecule has 0 aliphatic heterocycles. The van der Waals surface area contributed by atoms with Crippen LogP contribution < -0.4 is 5.73 Å². The number of rotatable bonds is 7. The van der Waals surface area contributed by atoms with Gasteiger partial charge in [-0.15, -0.1) is 0 Å². The van der Waals surface area contributed by atoms with Crippen LogP contribution in [0.5, 0.6) is 0 Å². The highest BCUT2D eigenvalue weighted by atomic mass is 16.3. The lowest BCUT2D eigenvalue weighted by atomic mass is 9.80. The highest BCUT2D eigenvalue weighted by Gasteiger charge is 2.23. The third-order valence-corrected chi connectivity index (χ3v) is 4.08. The summed E-state index contributed by atoms with van der Waals surface area (Å²) in [6.07, 6.45) is 6.00. The van der Waals surface area contributed by atoms with E-state index < -0.39 is 0 Å². The second-order valence-corrected chi connectivity index (χ2v) is 5.38. The van der Waals surface area contributed by atoms with E-state index in [1.54, 1.807) is 0 Å². The van der Waals surface area contributed by atoms with E-state index >= 15 is 0 Å². The molecule has 0 spiro atoms. The topological polar surface area (TPSA) is 66.6 Å². The van der Waals surface area contributed by atoms with Gasteiger partial charge in [0.25, 0.3) is 0 Å². The van der Waals surface area contributed by atoms with Gasteiger partial charge in [-0.2, -0.15) is 0 Å². The summed E-state index contributed by atoms with van der Waals surface area (Å²) in [6.45, 7) is 4.38. The number of aliphatic hydroxyl groups excluding tert-OH is 1. The number of amides is 1. The van der Waals surface area contributed by atoms with E-state index in [-0.39, 0.29) is 12.5 Å². The summed E-state index contributed by atoms with van der Waals surface area (Å²) in [5.74, 6) is 1.47. The van der Waals surface area contributed by atoms with Crippen molar-refractivity contribution in [3.63, 3.8) is 0 Å². The van der Waals surface area contributed by atoms with Gasteiger partial charge in [-0.25, -0.2) is 0 Å². The molecule has 0 aromatic rings. The number of carbonyl (C=O) groups excluding carboxylic acids is 1. The molecule has 1 aliphatic rings. The average Bonchev–Trinajstić information content (AvgIpc) is 2.40. The SMILES string of the molecule is CCN(CCCO)C(=O)CC1CCC(CN)CC1. The number of nitrogens with two attached hydrogens (primary N) is 1. The third kappa shape index (κ3) is 4.94. The fourth-order valence-corrected chi connectivity index (χ4v) is 2.77. The van der Waals surface area contributed by atoms with Gasteiger partial charge in [0.15, 0.2) is 0 Å². The van der Waals surface area contributed by atoms with Gasteiger partial charge in [-0.3, -0.25) is 4.79 Å². The minimum atomic E-state index is 0.158. The van der Waals surface area contributed by atoms with Crippen LogP contribution in [0.2, 0.25) is 0 Å². The van der Waals surface area contributed by atoms with Crippen molar-refractivity contribution < 1.29 is 9.90 Å². The summed E-state index contributed by atoms with van der Waals surface area (Å²) in [4.78, 5) is 14.0. The van der Waals surface area contributed by atoms with Crippen molar-refractivity contribution in [2.75, 3.05) is 26.2 Å². The van der Waals surface area contributed by atoms with E-state index in [0.29, 0.717) is 31.2 Å². The van der Waals surface area contributed by atoms with Gasteiger partial charge in [0.1, 0.15) is 0 Å². The summed E-state index contributed by atoms with van der Waals surface area (Å²) in [6, 6.07) is 0. The second-order valence-electron chi connectivity index (χ2n) is 5.38. The second kappa shape index (κ2) is 8.48. The molecule has 18 heavy (non-hydrogen) atoms. The highest BCUT2D eigenvalue weighted by molar-refractivity contribution is 5.76. The first-order valence-electron chi connectivity index (χ1n) is 7.29. The van der Waals surface area contributed by atoms with Crippen LogP contribution in [0.25, 0.3) is 0 Å². The predicted octanol–water partition coefficient (Wildman–Crippen LogP) is 1.37. The molecule has 1 rings (SSSR count). The maximum absolute atomic E-state index is 12.1. The van der Waals surface area contributed by atoms with E-state index in [4.69, 9.17) is 10.8 Å². The van der Waals surface area contributed by atoms with Crippen LogP contribution in [0.15, 0.2) is 0 Å². The Labute approximate surface area is 111 Å². The molecule has 1 saturated carbocycles. The van der Waals surface area contributed by atoms with E-state index in [1.165, 1.54) is 12.8 Å². The predicted molar refractivity (Wildman–Crippen MR) is 73.1 cm³/mol. The Morgan fingerprint density at radius 3 is 2.39 bits per heavy atom. The molecular weight excluding hydrogens is 228 g/mol. The van der Waals surface area contributed by atoms with Gasteiger partial charge in [0.2, 0.25) is 5.91 Å². The number of hydrogen-bond donors (Lipinski definition) is 2. The Hall–Kier alpha value is -0.610. The highest BCUT2D eigenvalue weighted by Crippen LogP contribution is 2.30. The van der Waals surface area contributed by atoms with Gasteiger partial charge in [0, 0.05) is 26.1 Å². The molecule has 0 aromatic heterocycles. The standard InChI is InChI=1S/C14H28N2O2/c1-2-16(8-3-9-17)14(18)10-12-4-6-13(11-15)7-5-12/h12-13,17H,2-11,15H2,1H3. The van der Waals surface area contributed by atoms with Crippen LogP contribution >= 0.6 is 0 Å². The summed E-state index contributed by atoms with van der Waals surface area (Å²) in [5.41, 5.74) is 5.68. The van der Waals surface area contributed by atoms with E-state index in [2.05, 4.69) is 0 Å². The number of nitrogens with zero attached hydrogens (tertiary/aromatic N) is 1. The summed E-state index contributed by atoms with van der Waals surface area (Å²) in [5, 5.41) is 8.82. The fraction of sp³-hybridized carbons (Fsp3) is 0.929. The van der Waals surface area contributed by atoms with Crippen molar-refractivity contribution in [3.05, 3.63) is 0 Å². The van der Waals surface area contributed by atoms with Crippen LogP contribution in [0, 0.1) is 11.8 Å². The maximum atomic E-state index is 12.1. The molecule has 0 unspecified atom stereocenters. The third-order valence-electron chi connectivity index (χ3n) is 4.08. The lowest BCUT2D eigenvalue weighted by Crippen LogP contribution is -2.34. The molecule has 1 aliphatic carbocycles. The zero-order valence-corrected chi connectivity index (χ0v) is 11.6. The van der Waals surface area contributed by atoms with Crippen LogP contribution in [-0.2, 0) is 4.79 Å². The lowest BCUT2D eigenvalue weighted by Gasteiger charge is -2.29. The van der Waals surface area contributed by atoms with Gasteiger partial charge < -0.3 is 15.7 Å². The Morgan fingerprint density at radius 1 is 1.28 bits per heavy atom. The number of aliphatic hydroxyl groups is 1. The van der Waals surface area contributed by atoms with Crippen LogP contribution in [-0.4, -0.2) is 42.2 Å². The van der Waals surface area contributed by atoms with Gasteiger partial charge in [-0.1, -0.05) is 0 Å². The molecule has 0 atom stereocenters. The quantitative estimate of drug-likeness (QED) is 0.723. The average molecular weight is 256 g/mol. The molecule has 0 heterocycles. The minimum absolute atomic E-state index is 0.158. The van der Waals surface area contributed by atoms with E-state index in [0.717, 1.165) is 25.9 Å². The minimum Gasteiger partial charge on any atom is -0.396 e.